The number of carbonyl (C=O) groups is 3. The number of carboxylic acid groups (broad SMARTS) is 1. The molecule has 1 saturated heterocycles. The molecule has 178 valence electrons. The predicted molar refractivity (Wildman–Crippen MR) is 128 cm³/mol. The van der Waals surface area contributed by atoms with Crippen LogP contribution in [0.2, 0.25) is 0 Å². The van der Waals surface area contributed by atoms with Crippen LogP contribution in [0, 0.1) is 0 Å². The van der Waals surface area contributed by atoms with Crippen molar-refractivity contribution in [2.75, 3.05) is 18.5 Å². The van der Waals surface area contributed by atoms with E-state index < -0.39 is 30.1 Å². The number of aromatic carboxylic acids is 1. The van der Waals surface area contributed by atoms with Gasteiger partial charge in [0.2, 0.25) is 0 Å². The first-order chi connectivity index (χ1) is 17.0. The Hall–Kier alpha value is -4.17. The van der Waals surface area contributed by atoms with Gasteiger partial charge in [-0.1, -0.05) is 54.6 Å². The molecule has 3 aromatic rings. The molecule has 1 heterocycles. The van der Waals surface area contributed by atoms with Crippen LogP contribution in [0.3, 0.4) is 0 Å². The van der Waals surface area contributed by atoms with E-state index in [4.69, 9.17) is 14.6 Å². The molecule has 1 aliphatic heterocycles. The summed E-state index contributed by atoms with van der Waals surface area (Å²) in [7, 11) is 0. The van der Waals surface area contributed by atoms with Gasteiger partial charge in [0.15, 0.2) is 6.10 Å². The van der Waals surface area contributed by atoms with Gasteiger partial charge in [0.25, 0.3) is 5.91 Å². The second-order valence-corrected chi connectivity index (χ2v) is 8.53. The topological polar surface area (TPSA) is 114 Å². The van der Waals surface area contributed by atoms with Crippen molar-refractivity contribution in [2.24, 2.45) is 0 Å². The molecule has 0 bridgehead atoms. The molecule has 0 saturated carbocycles. The van der Waals surface area contributed by atoms with Gasteiger partial charge in [-0.15, -0.1) is 0 Å². The van der Waals surface area contributed by atoms with Crippen LogP contribution in [0.4, 0.5) is 10.5 Å². The molecule has 2 amide bonds. The number of amides is 2. The molecule has 0 radical (unpaired) electrons. The second kappa shape index (κ2) is 9.60. The molecular weight excluding hydrogens is 448 g/mol. The Bertz CT molecular complexity index is 1240. The summed E-state index contributed by atoms with van der Waals surface area (Å²) in [6, 6.07) is 21.5. The highest BCUT2D eigenvalue weighted by molar-refractivity contribution is 5.97. The predicted octanol–water partition coefficient (Wildman–Crippen LogP) is 4.02. The molecule has 1 fully saturated rings. The van der Waals surface area contributed by atoms with E-state index in [0.29, 0.717) is 18.7 Å². The van der Waals surface area contributed by atoms with Gasteiger partial charge >= 0.3 is 12.1 Å². The van der Waals surface area contributed by atoms with Crippen LogP contribution in [0.5, 0.6) is 0 Å². The minimum Gasteiger partial charge on any atom is -0.478 e. The molecule has 3 aromatic carbocycles. The summed E-state index contributed by atoms with van der Waals surface area (Å²) in [5, 5.41) is 14.6. The Kier molecular flexibility index (Phi) is 6.20. The highest BCUT2D eigenvalue weighted by Crippen LogP contribution is 2.44. The number of alkyl carbamates (subject to hydrolysis) is 1. The lowest BCUT2D eigenvalue weighted by molar-refractivity contribution is -0.125. The minimum absolute atomic E-state index is 0.0588. The lowest BCUT2D eigenvalue weighted by atomic mass is 9.98. The van der Waals surface area contributed by atoms with Gasteiger partial charge in [0.05, 0.1) is 11.6 Å². The van der Waals surface area contributed by atoms with Crippen LogP contribution in [-0.4, -0.2) is 48.4 Å². The van der Waals surface area contributed by atoms with Gasteiger partial charge in [-0.2, -0.15) is 0 Å². The molecule has 1 aliphatic carbocycles. The summed E-state index contributed by atoms with van der Waals surface area (Å²) in [6.07, 6.45) is -1.07. The molecule has 8 heteroatoms. The van der Waals surface area contributed by atoms with Crippen LogP contribution < -0.4 is 10.6 Å². The van der Waals surface area contributed by atoms with Crippen molar-refractivity contribution in [2.45, 2.75) is 24.5 Å². The van der Waals surface area contributed by atoms with E-state index in [2.05, 4.69) is 22.8 Å². The zero-order valence-corrected chi connectivity index (χ0v) is 18.8. The van der Waals surface area contributed by atoms with E-state index in [1.165, 1.54) is 12.1 Å². The summed E-state index contributed by atoms with van der Waals surface area (Å²) < 4.78 is 11.1. The molecule has 8 nitrogen and oxygen atoms in total. The van der Waals surface area contributed by atoms with E-state index in [9.17, 15) is 14.4 Å². The van der Waals surface area contributed by atoms with E-state index in [1.807, 2.05) is 36.4 Å². The molecule has 2 aliphatic rings. The molecule has 35 heavy (non-hydrogen) atoms. The number of anilines is 1. The van der Waals surface area contributed by atoms with Crippen LogP contribution >= 0.6 is 0 Å². The summed E-state index contributed by atoms with van der Waals surface area (Å²) in [6.45, 7) is 0.480. The second-order valence-electron chi connectivity index (χ2n) is 8.53. The number of carbonyl (C=O) groups excluding carboxylic acids is 2. The van der Waals surface area contributed by atoms with Crippen LogP contribution in [-0.2, 0) is 14.3 Å². The Labute approximate surface area is 201 Å². The van der Waals surface area contributed by atoms with Crippen LogP contribution in [0.25, 0.3) is 11.1 Å². The fraction of sp³-hybridized carbons (Fsp3) is 0.222. The number of benzene rings is 3. The van der Waals surface area contributed by atoms with E-state index in [0.717, 1.165) is 22.3 Å². The SMILES string of the molecule is O=C(N[C@@H]1CCO[C@@H]1C(=O)Nc1cccc(C(=O)O)c1)OCC1c2ccccc2-c2ccccc21. The molecular formula is C27H24N2O6. The third-order valence-corrected chi connectivity index (χ3v) is 6.37. The maximum absolute atomic E-state index is 12.8. The molecule has 0 spiro atoms. The maximum Gasteiger partial charge on any atom is 0.407 e. The van der Waals surface area contributed by atoms with Gasteiger partial charge in [-0.25, -0.2) is 9.59 Å². The Morgan fingerprint density at radius 1 is 0.943 bits per heavy atom. The zero-order chi connectivity index (χ0) is 24.4. The number of rotatable bonds is 6. The van der Waals surface area contributed by atoms with Gasteiger partial charge < -0.3 is 25.2 Å². The number of hydrogen-bond acceptors (Lipinski definition) is 5. The normalized spacial score (nSPS) is 18.4. The molecule has 2 atom stereocenters. The lowest BCUT2D eigenvalue weighted by Gasteiger charge is -2.20. The Morgan fingerprint density at radius 3 is 2.31 bits per heavy atom. The number of hydrogen-bond donors (Lipinski definition) is 3. The van der Waals surface area contributed by atoms with Gasteiger partial charge in [-0.05, 0) is 46.9 Å². The average molecular weight is 472 g/mol. The monoisotopic (exact) mass is 472 g/mol. The molecule has 0 unspecified atom stereocenters. The summed E-state index contributed by atoms with van der Waals surface area (Å²) in [4.78, 5) is 36.6. The number of nitrogens with one attached hydrogen (secondary N) is 2. The summed E-state index contributed by atoms with van der Waals surface area (Å²) in [5.74, 6) is -1.62. The van der Waals surface area contributed by atoms with E-state index >= 15 is 0 Å². The Morgan fingerprint density at radius 2 is 1.63 bits per heavy atom. The van der Waals surface area contributed by atoms with E-state index in [-0.39, 0.29) is 18.1 Å². The van der Waals surface area contributed by atoms with Crippen molar-refractivity contribution >= 4 is 23.7 Å². The lowest BCUT2D eigenvalue weighted by Crippen LogP contribution is -2.46. The van der Waals surface area contributed by atoms with Gasteiger partial charge in [0.1, 0.15) is 6.61 Å². The van der Waals surface area contributed by atoms with Crippen LogP contribution in [0.15, 0.2) is 72.8 Å². The third-order valence-electron chi connectivity index (χ3n) is 6.37. The third kappa shape index (κ3) is 4.61. The summed E-state index contributed by atoms with van der Waals surface area (Å²) >= 11 is 0. The fourth-order valence-corrected chi connectivity index (χ4v) is 4.73. The van der Waals surface area contributed by atoms with Crippen molar-refractivity contribution in [3.63, 3.8) is 0 Å². The van der Waals surface area contributed by atoms with Crippen LogP contribution in [0.1, 0.15) is 33.8 Å². The van der Waals surface area contributed by atoms with Gasteiger partial charge in [-0.3, -0.25) is 4.79 Å². The van der Waals surface area contributed by atoms with Crippen molar-refractivity contribution in [3.8, 4) is 11.1 Å². The van der Waals surface area contributed by atoms with Crippen molar-refractivity contribution in [1.82, 2.24) is 5.32 Å². The average Bonchev–Trinajstić information content (AvgIpc) is 3.45. The standard InChI is InChI=1S/C27H24N2O6/c30-25(28-17-7-5-6-16(14-17)26(31)32)24-23(12-13-34-24)29-27(33)35-15-22-20-10-3-1-8-18(20)19-9-2-4-11-21(19)22/h1-11,14,22-24H,12-13,15H2,(H,28,30)(H,29,33)(H,31,32)/t23-,24+/m1/s1. The quantitative estimate of drug-likeness (QED) is 0.499. The Balaban J connectivity index is 1.21. The van der Waals surface area contributed by atoms with Gasteiger partial charge in [0, 0.05) is 18.2 Å². The molecule has 5 rings (SSSR count). The first-order valence-corrected chi connectivity index (χ1v) is 11.4. The molecule has 0 aromatic heterocycles. The maximum atomic E-state index is 12.8. The summed E-state index contributed by atoms with van der Waals surface area (Å²) in [5.41, 5.74) is 4.92. The number of ether oxygens (including phenoxy) is 2. The smallest absolute Gasteiger partial charge is 0.407 e. The van der Waals surface area contributed by atoms with Crippen molar-refractivity contribution in [1.29, 1.82) is 0 Å². The zero-order valence-electron chi connectivity index (χ0n) is 18.8. The molecule has 3 N–H and O–H groups in total. The van der Waals surface area contributed by atoms with E-state index in [1.54, 1.807) is 12.1 Å². The minimum atomic E-state index is -1.09. The first kappa shape index (κ1) is 22.6. The highest BCUT2D eigenvalue weighted by Gasteiger charge is 2.36. The van der Waals surface area contributed by atoms with Crippen molar-refractivity contribution in [3.05, 3.63) is 89.5 Å². The largest absolute Gasteiger partial charge is 0.478 e. The van der Waals surface area contributed by atoms with Crippen molar-refractivity contribution < 1.29 is 29.0 Å². The number of carboxylic acids is 1. The number of fused-ring (bicyclic) bond motifs is 3. The highest BCUT2D eigenvalue weighted by atomic mass is 16.6. The first-order valence-electron chi connectivity index (χ1n) is 11.4. The fourth-order valence-electron chi connectivity index (χ4n) is 4.73.